The number of aryl methyl sites for hydroxylation is 1. The molecule has 1 saturated carbocycles. The number of alkyl halides is 3. The van der Waals surface area contributed by atoms with E-state index >= 15 is 0 Å². The summed E-state index contributed by atoms with van der Waals surface area (Å²) in [6.07, 6.45) is -0.748. The van der Waals surface area contributed by atoms with Gasteiger partial charge in [-0.15, -0.1) is 0 Å². The Bertz CT molecular complexity index is 1380. The average molecular weight is 553 g/mol. The molecule has 1 aromatic carbocycles. The summed E-state index contributed by atoms with van der Waals surface area (Å²) < 4.78 is 85.5. The van der Waals surface area contributed by atoms with Gasteiger partial charge in [0.25, 0.3) is 0 Å². The zero-order chi connectivity index (χ0) is 27.7. The highest BCUT2D eigenvalue weighted by Crippen LogP contribution is 2.39. The molecular weight excluding hydrogens is 524 g/mol. The molecule has 4 rings (SSSR count). The molecular formula is C26H28F4N4O3S. The van der Waals surface area contributed by atoms with E-state index in [1.54, 1.807) is 6.92 Å². The van der Waals surface area contributed by atoms with Crippen molar-refractivity contribution in [1.29, 1.82) is 0 Å². The first kappa shape index (κ1) is 27.9. The third-order valence-electron chi connectivity index (χ3n) is 6.79. The fraction of sp³-hybridized carbons (Fsp3) is 0.423. The van der Waals surface area contributed by atoms with Crippen LogP contribution in [-0.2, 0) is 21.8 Å². The predicted molar refractivity (Wildman–Crippen MR) is 132 cm³/mol. The number of halogens is 4. The summed E-state index contributed by atoms with van der Waals surface area (Å²) in [4.78, 5) is 14.2. The standard InChI is InChI=1S/C26H28F4N4O3S/c1-16-24(38(35,36)14-19-10-11-31-15-32-19)8-9-25(33-16)37-23-7-5-18(13-22(23)34(2)3)17-4-6-21(27)20(12-17)26(28,29)30/h4,6,8-12,15,18,22-23H,5,7,13-14H2,1-3H3/t18-,22-,23-/m0/s1. The maximum Gasteiger partial charge on any atom is 0.419 e. The highest BCUT2D eigenvalue weighted by molar-refractivity contribution is 7.90. The summed E-state index contributed by atoms with van der Waals surface area (Å²) in [6.45, 7) is 1.59. The Labute approximate surface area is 218 Å². The molecule has 0 radical (unpaired) electrons. The van der Waals surface area contributed by atoms with E-state index in [0.717, 1.165) is 12.1 Å². The molecule has 38 heavy (non-hydrogen) atoms. The molecule has 3 atom stereocenters. The van der Waals surface area contributed by atoms with Crippen LogP contribution < -0.4 is 4.74 Å². The number of likely N-dealkylation sites (N-methyl/N-ethyl adjacent to an activating group) is 1. The van der Waals surface area contributed by atoms with Crippen LogP contribution in [0.5, 0.6) is 5.88 Å². The second kappa shape index (κ2) is 10.9. The van der Waals surface area contributed by atoms with Crippen LogP contribution in [0.25, 0.3) is 0 Å². The second-order valence-corrected chi connectivity index (χ2v) is 11.6. The molecule has 0 N–H and O–H groups in total. The summed E-state index contributed by atoms with van der Waals surface area (Å²) in [5.74, 6) is -1.51. The Kier molecular flexibility index (Phi) is 8.03. The van der Waals surface area contributed by atoms with Crippen molar-refractivity contribution in [3.8, 4) is 5.88 Å². The largest absolute Gasteiger partial charge is 0.473 e. The fourth-order valence-corrected chi connectivity index (χ4v) is 6.35. The second-order valence-electron chi connectivity index (χ2n) is 9.63. The molecule has 1 aliphatic carbocycles. The number of aromatic nitrogens is 3. The highest BCUT2D eigenvalue weighted by Gasteiger charge is 2.38. The first-order valence-electron chi connectivity index (χ1n) is 12.0. The lowest BCUT2D eigenvalue weighted by molar-refractivity contribution is -0.140. The predicted octanol–water partition coefficient (Wildman–Crippen LogP) is 4.96. The molecule has 2 aromatic heterocycles. The number of hydrogen-bond donors (Lipinski definition) is 0. The van der Waals surface area contributed by atoms with Crippen molar-refractivity contribution >= 4 is 9.84 Å². The molecule has 0 saturated heterocycles. The number of nitrogens with zero attached hydrogens (tertiary/aromatic N) is 4. The Hall–Kier alpha value is -3.12. The van der Waals surface area contributed by atoms with E-state index in [4.69, 9.17) is 4.74 Å². The van der Waals surface area contributed by atoms with Gasteiger partial charge in [-0.3, -0.25) is 0 Å². The molecule has 2 heterocycles. The van der Waals surface area contributed by atoms with Crippen LogP contribution in [0, 0.1) is 12.7 Å². The minimum Gasteiger partial charge on any atom is -0.473 e. The summed E-state index contributed by atoms with van der Waals surface area (Å²) >= 11 is 0. The number of pyridine rings is 1. The van der Waals surface area contributed by atoms with Crippen LogP contribution in [0.15, 0.2) is 53.8 Å². The zero-order valence-corrected chi connectivity index (χ0v) is 21.9. The van der Waals surface area contributed by atoms with Gasteiger partial charge in [-0.2, -0.15) is 13.2 Å². The lowest BCUT2D eigenvalue weighted by Crippen LogP contribution is -2.46. The number of hydrogen-bond acceptors (Lipinski definition) is 7. The number of ether oxygens (including phenoxy) is 1. The number of benzene rings is 1. The van der Waals surface area contributed by atoms with Gasteiger partial charge in [0.1, 0.15) is 18.2 Å². The monoisotopic (exact) mass is 552 g/mol. The van der Waals surface area contributed by atoms with Gasteiger partial charge >= 0.3 is 6.18 Å². The maximum absolute atomic E-state index is 13.8. The third kappa shape index (κ3) is 6.29. The van der Waals surface area contributed by atoms with Crippen molar-refractivity contribution in [2.45, 2.75) is 61.1 Å². The molecule has 0 aliphatic heterocycles. The van der Waals surface area contributed by atoms with Gasteiger partial charge in [-0.05, 0) is 76.0 Å². The van der Waals surface area contributed by atoms with E-state index in [9.17, 15) is 26.0 Å². The van der Waals surface area contributed by atoms with Gasteiger partial charge < -0.3 is 9.64 Å². The van der Waals surface area contributed by atoms with Crippen LogP contribution in [-0.4, -0.2) is 54.5 Å². The minimum absolute atomic E-state index is 0.0770. The topological polar surface area (TPSA) is 85.3 Å². The highest BCUT2D eigenvalue weighted by atomic mass is 32.2. The van der Waals surface area contributed by atoms with Crippen LogP contribution in [0.3, 0.4) is 0 Å². The van der Waals surface area contributed by atoms with Gasteiger partial charge in [0, 0.05) is 18.3 Å². The third-order valence-corrected chi connectivity index (χ3v) is 8.56. The number of rotatable bonds is 7. The fourth-order valence-electron chi connectivity index (χ4n) is 4.87. The molecule has 3 aromatic rings. The summed E-state index contributed by atoms with van der Waals surface area (Å²) in [5.41, 5.74) is -0.160. The first-order valence-corrected chi connectivity index (χ1v) is 13.7. The van der Waals surface area contributed by atoms with Crippen molar-refractivity contribution in [3.05, 3.63) is 77.3 Å². The van der Waals surface area contributed by atoms with E-state index in [-0.39, 0.29) is 40.3 Å². The molecule has 1 fully saturated rings. The minimum atomic E-state index is -4.76. The van der Waals surface area contributed by atoms with Crippen LogP contribution in [0.1, 0.15) is 47.7 Å². The van der Waals surface area contributed by atoms with Gasteiger partial charge in [0.2, 0.25) is 5.88 Å². The lowest BCUT2D eigenvalue weighted by atomic mass is 9.79. The molecule has 0 bridgehead atoms. The SMILES string of the molecule is Cc1nc(O[C@H]2CC[C@H](c3ccc(F)c(C(F)(F)F)c3)C[C@@H]2N(C)C)ccc1S(=O)(=O)Cc1ccncn1. The first-order chi connectivity index (χ1) is 17.8. The summed E-state index contributed by atoms with van der Waals surface area (Å²) in [6, 6.07) is 7.53. The Balaban J connectivity index is 1.49. The molecule has 0 amide bonds. The molecule has 1 aliphatic rings. The molecule has 7 nitrogen and oxygen atoms in total. The van der Waals surface area contributed by atoms with Gasteiger partial charge in [-0.25, -0.2) is 27.8 Å². The van der Waals surface area contributed by atoms with E-state index in [0.29, 0.717) is 30.5 Å². The smallest absolute Gasteiger partial charge is 0.419 e. The molecule has 204 valence electrons. The van der Waals surface area contributed by atoms with Crippen molar-refractivity contribution in [2.24, 2.45) is 0 Å². The van der Waals surface area contributed by atoms with E-state index in [1.165, 1.54) is 36.8 Å². The Morgan fingerprint density at radius 2 is 1.87 bits per heavy atom. The Morgan fingerprint density at radius 3 is 2.50 bits per heavy atom. The van der Waals surface area contributed by atoms with Crippen molar-refractivity contribution in [3.63, 3.8) is 0 Å². The summed E-state index contributed by atoms with van der Waals surface area (Å²) in [7, 11) is 0.0192. The van der Waals surface area contributed by atoms with Crippen LogP contribution in [0.4, 0.5) is 17.6 Å². The molecule has 0 unspecified atom stereocenters. The van der Waals surface area contributed by atoms with Crippen molar-refractivity contribution in [1.82, 2.24) is 19.9 Å². The lowest BCUT2D eigenvalue weighted by Gasteiger charge is -2.39. The van der Waals surface area contributed by atoms with Crippen LogP contribution in [0.2, 0.25) is 0 Å². The van der Waals surface area contributed by atoms with Crippen molar-refractivity contribution in [2.75, 3.05) is 14.1 Å². The number of sulfone groups is 1. The van der Waals surface area contributed by atoms with Gasteiger partial charge in [0.15, 0.2) is 9.84 Å². The van der Waals surface area contributed by atoms with Gasteiger partial charge in [0.05, 0.1) is 27.6 Å². The quantitative estimate of drug-likeness (QED) is 0.383. The molecule has 12 heteroatoms. The summed E-state index contributed by atoms with van der Waals surface area (Å²) in [5, 5.41) is 0. The van der Waals surface area contributed by atoms with Crippen molar-refractivity contribution < 1.29 is 30.7 Å². The van der Waals surface area contributed by atoms with E-state index in [2.05, 4.69) is 15.0 Å². The van der Waals surface area contributed by atoms with E-state index in [1.807, 2.05) is 19.0 Å². The zero-order valence-electron chi connectivity index (χ0n) is 21.1. The maximum atomic E-state index is 13.8. The van der Waals surface area contributed by atoms with Gasteiger partial charge in [-0.1, -0.05) is 6.07 Å². The van der Waals surface area contributed by atoms with Crippen LogP contribution >= 0.6 is 0 Å². The van der Waals surface area contributed by atoms with E-state index < -0.39 is 27.4 Å². The molecule has 0 spiro atoms. The average Bonchev–Trinajstić information content (AvgIpc) is 2.84. The Morgan fingerprint density at radius 1 is 1.11 bits per heavy atom. The normalized spacial score (nSPS) is 20.5.